The third kappa shape index (κ3) is 4.05. The molecule has 0 bridgehead atoms. The summed E-state index contributed by atoms with van der Waals surface area (Å²) in [6.45, 7) is 2.10. The largest absolute Gasteiger partial charge is 0.367 e. The van der Waals surface area contributed by atoms with Gasteiger partial charge in [0.2, 0.25) is 14.9 Å². The van der Waals surface area contributed by atoms with Crippen LogP contribution in [0, 0.1) is 0 Å². The number of rotatable bonds is 7. The highest BCUT2D eigenvalue weighted by molar-refractivity contribution is 7.91. The minimum atomic E-state index is -3.87. The number of aryl methyl sites for hydroxylation is 1. The molecule has 0 amide bonds. The van der Waals surface area contributed by atoms with E-state index in [0.717, 1.165) is 23.7 Å². The summed E-state index contributed by atoms with van der Waals surface area (Å²) in [4.78, 5) is 4.86. The van der Waals surface area contributed by atoms with Crippen molar-refractivity contribution in [2.75, 3.05) is 5.32 Å². The Balaban J connectivity index is 1.55. The highest BCUT2D eigenvalue weighted by Crippen LogP contribution is 2.28. The SMILES string of the molecule is CC(CCc1ccccc1)Nc1nc2c(S(=O)(=O)c3ccccc3)nnn2c2ccccc12. The van der Waals surface area contributed by atoms with Crippen LogP contribution in [0.2, 0.25) is 0 Å². The van der Waals surface area contributed by atoms with E-state index in [4.69, 9.17) is 4.98 Å². The average Bonchev–Trinajstić information content (AvgIpc) is 3.29. The highest BCUT2D eigenvalue weighted by Gasteiger charge is 2.27. The second-order valence-electron chi connectivity index (χ2n) is 7.99. The predicted octanol–water partition coefficient (Wildman–Crippen LogP) is 4.54. The number of benzene rings is 3. The van der Waals surface area contributed by atoms with Crippen molar-refractivity contribution in [2.24, 2.45) is 0 Å². The lowest BCUT2D eigenvalue weighted by atomic mass is 10.1. The first kappa shape index (κ1) is 21.1. The van der Waals surface area contributed by atoms with Crippen molar-refractivity contribution in [3.63, 3.8) is 0 Å². The molecule has 1 N–H and O–H groups in total. The molecule has 0 aliphatic rings. The zero-order chi connectivity index (χ0) is 22.8. The van der Waals surface area contributed by atoms with Gasteiger partial charge in [-0.2, -0.15) is 4.52 Å². The quantitative estimate of drug-likeness (QED) is 0.386. The molecule has 0 fully saturated rings. The topological polar surface area (TPSA) is 89.2 Å². The second-order valence-corrected chi connectivity index (χ2v) is 9.86. The molecule has 2 aromatic heterocycles. The molecule has 7 nitrogen and oxygen atoms in total. The number of anilines is 1. The number of hydrogen-bond acceptors (Lipinski definition) is 6. The summed E-state index contributed by atoms with van der Waals surface area (Å²) < 4.78 is 28.0. The fourth-order valence-electron chi connectivity index (χ4n) is 3.87. The lowest BCUT2D eigenvalue weighted by molar-refractivity contribution is 0.592. The molecule has 3 aromatic carbocycles. The maximum atomic E-state index is 13.3. The number of sulfone groups is 1. The van der Waals surface area contributed by atoms with Crippen LogP contribution in [0.4, 0.5) is 5.82 Å². The number of nitrogens with zero attached hydrogens (tertiary/aromatic N) is 4. The van der Waals surface area contributed by atoms with Gasteiger partial charge in [0.05, 0.1) is 10.4 Å². The van der Waals surface area contributed by atoms with Crippen LogP contribution >= 0.6 is 0 Å². The summed E-state index contributed by atoms with van der Waals surface area (Å²) >= 11 is 0. The standard InChI is InChI=1S/C25H23N5O2S/c1-18(16-17-19-10-4-2-5-11-19)26-23-21-14-8-9-15-22(21)30-24(27-23)25(28-29-30)33(31,32)20-12-6-3-7-13-20/h2-15,18H,16-17H2,1H3,(H,26,27). The van der Waals surface area contributed by atoms with Gasteiger partial charge in [-0.25, -0.2) is 13.4 Å². The van der Waals surface area contributed by atoms with Crippen molar-refractivity contribution >= 4 is 32.2 Å². The molecule has 0 aliphatic heterocycles. The third-order valence-corrected chi connectivity index (χ3v) is 7.29. The molecule has 2 heterocycles. The lowest BCUT2D eigenvalue weighted by Crippen LogP contribution is -2.18. The molecule has 33 heavy (non-hydrogen) atoms. The Labute approximate surface area is 192 Å². The van der Waals surface area contributed by atoms with Crippen LogP contribution in [0.3, 0.4) is 0 Å². The van der Waals surface area contributed by atoms with Crippen LogP contribution in [0.1, 0.15) is 18.9 Å². The van der Waals surface area contributed by atoms with E-state index in [1.54, 1.807) is 30.3 Å². The van der Waals surface area contributed by atoms with E-state index in [1.807, 2.05) is 42.5 Å². The molecule has 0 saturated carbocycles. The van der Waals surface area contributed by atoms with E-state index in [2.05, 4.69) is 34.7 Å². The van der Waals surface area contributed by atoms with Crippen molar-refractivity contribution < 1.29 is 8.42 Å². The fraction of sp³-hybridized carbons (Fsp3) is 0.160. The van der Waals surface area contributed by atoms with E-state index >= 15 is 0 Å². The van der Waals surface area contributed by atoms with Gasteiger partial charge in [-0.05, 0) is 49.6 Å². The lowest BCUT2D eigenvalue weighted by Gasteiger charge is -2.16. The molecule has 5 rings (SSSR count). The van der Waals surface area contributed by atoms with Gasteiger partial charge in [-0.3, -0.25) is 0 Å². The summed E-state index contributed by atoms with van der Waals surface area (Å²) in [6.07, 6.45) is 1.83. The molecule has 8 heteroatoms. The van der Waals surface area contributed by atoms with E-state index in [0.29, 0.717) is 5.82 Å². The Hall–Kier alpha value is -3.78. The number of hydrogen-bond donors (Lipinski definition) is 1. The van der Waals surface area contributed by atoms with Crippen LogP contribution in [0.5, 0.6) is 0 Å². The first-order valence-electron chi connectivity index (χ1n) is 10.8. The number of para-hydroxylation sites is 1. The van der Waals surface area contributed by atoms with Crippen molar-refractivity contribution in [1.82, 2.24) is 19.8 Å². The van der Waals surface area contributed by atoms with Gasteiger partial charge < -0.3 is 5.32 Å². The molecule has 1 unspecified atom stereocenters. The Morgan fingerprint density at radius 3 is 2.33 bits per heavy atom. The minimum Gasteiger partial charge on any atom is -0.367 e. The Bertz CT molecular complexity index is 1520. The number of aromatic nitrogens is 4. The van der Waals surface area contributed by atoms with Crippen LogP contribution in [-0.2, 0) is 16.3 Å². The molecule has 5 aromatic rings. The predicted molar refractivity (Wildman–Crippen MR) is 128 cm³/mol. The zero-order valence-electron chi connectivity index (χ0n) is 18.1. The third-order valence-electron chi connectivity index (χ3n) is 5.62. The summed E-state index contributed by atoms with van der Waals surface area (Å²) in [5.41, 5.74) is 2.22. The Morgan fingerprint density at radius 1 is 0.909 bits per heavy atom. The smallest absolute Gasteiger partial charge is 0.229 e. The zero-order valence-corrected chi connectivity index (χ0v) is 18.9. The van der Waals surface area contributed by atoms with E-state index < -0.39 is 9.84 Å². The fourth-order valence-corrected chi connectivity index (χ4v) is 5.13. The van der Waals surface area contributed by atoms with Gasteiger partial charge in [0, 0.05) is 11.4 Å². The van der Waals surface area contributed by atoms with Gasteiger partial charge in [-0.15, -0.1) is 5.10 Å². The first-order chi connectivity index (χ1) is 16.0. The van der Waals surface area contributed by atoms with Crippen LogP contribution in [0.25, 0.3) is 16.6 Å². The normalized spacial score (nSPS) is 12.8. The van der Waals surface area contributed by atoms with E-state index in [9.17, 15) is 8.42 Å². The van der Waals surface area contributed by atoms with Crippen molar-refractivity contribution in [3.05, 3.63) is 90.5 Å². The summed E-state index contributed by atoms with van der Waals surface area (Å²) in [6, 6.07) is 26.3. The van der Waals surface area contributed by atoms with Crippen LogP contribution in [-0.4, -0.2) is 34.3 Å². The van der Waals surface area contributed by atoms with Gasteiger partial charge in [-0.1, -0.05) is 65.9 Å². The summed E-state index contributed by atoms with van der Waals surface area (Å²) in [5.74, 6) is 0.616. The minimum absolute atomic E-state index is 0.119. The molecule has 166 valence electrons. The van der Waals surface area contributed by atoms with Gasteiger partial charge in [0.25, 0.3) is 0 Å². The first-order valence-corrected chi connectivity index (χ1v) is 12.3. The molecular formula is C25H23N5O2S. The summed E-state index contributed by atoms with van der Waals surface area (Å²) in [5, 5.41) is 12.3. The molecule has 0 radical (unpaired) electrons. The maximum absolute atomic E-state index is 13.3. The Morgan fingerprint density at radius 2 is 1.58 bits per heavy atom. The van der Waals surface area contributed by atoms with Crippen LogP contribution in [0.15, 0.2) is 94.9 Å². The van der Waals surface area contributed by atoms with Crippen LogP contribution < -0.4 is 5.32 Å². The molecular weight excluding hydrogens is 434 g/mol. The molecule has 0 saturated heterocycles. The van der Waals surface area contributed by atoms with Gasteiger partial charge >= 0.3 is 0 Å². The number of fused-ring (bicyclic) bond motifs is 3. The van der Waals surface area contributed by atoms with Crippen molar-refractivity contribution in [1.29, 1.82) is 0 Å². The van der Waals surface area contributed by atoms with Gasteiger partial charge in [0.1, 0.15) is 5.82 Å². The van der Waals surface area contributed by atoms with Gasteiger partial charge in [0.15, 0.2) is 5.65 Å². The monoisotopic (exact) mass is 457 g/mol. The van der Waals surface area contributed by atoms with E-state index in [-0.39, 0.29) is 21.6 Å². The molecule has 0 spiro atoms. The van der Waals surface area contributed by atoms with Crippen molar-refractivity contribution in [3.8, 4) is 0 Å². The maximum Gasteiger partial charge on any atom is 0.229 e. The molecule has 1 atom stereocenters. The number of nitrogens with one attached hydrogen (secondary N) is 1. The summed E-state index contributed by atoms with van der Waals surface area (Å²) in [7, 11) is -3.87. The average molecular weight is 458 g/mol. The Kier molecular flexibility index (Phi) is 5.51. The second kappa shape index (κ2) is 8.63. The van der Waals surface area contributed by atoms with E-state index in [1.165, 1.54) is 10.1 Å². The van der Waals surface area contributed by atoms with Crippen molar-refractivity contribution in [2.45, 2.75) is 35.7 Å². The molecule has 0 aliphatic carbocycles. The highest BCUT2D eigenvalue weighted by atomic mass is 32.2.